The lowest BCUT2D eigenvalue weighted by atomic mass is 9.64. The summed E-state index contributed by atoms with van der Waals surface area (Å²) in [6, 6.07) is 8.08. The maximum absolute atomic E-state index is 5.55. The van der Waals surface area contributed by atoms with Crippen molar-refractivity contribution in [1.82, 2.24) is 5.32 Å². The summed E-state index contributed by atoms with van der Waals surface area (Å²) >= 11 is 0. The lowest BCUT2D eigenvalue weighted by Crippen LogP contribution is -2.60. The third-order valence-electron chi connectivity index (χ3n) is 5.79. The average molecular weight is 287 g/mol. The highest BCUT2D eigenvalue weighted by molar-refractivity contribution is 5.35. The molecule has 0 spiro atoms. The van der Waals surface area contributed by atoms with E-state index in [1.807, 2.05) is 7.11 Å². The molecule has 1 aromatic rings. The van der Waals surface area contributed by atoms with Gasteiger partial charge in [0.1, 0.15) is 0 Å². The Labute approximate surface area is 129 Å². The van der Waals surface area contributed by atoms with Gasteiger partial charge in [0.05, 0.1) is 6.10 Å². The Morgan fingerprint density at radius 3 is 2.57 bits per heavy atom. The van der Waals surface area contributed by atoms with Crippen LogP contribution in [0.5, 0.6) is 0 Å². The van der Waals surface area contributed by atoms with Gasteiger partial charge in [-0.05, 0) is 55.7 Å². The van der Waals surface area contributed by atoms with Gasteiger partial charge in [-0.3, -0.25) is 0 Å². The van der Waals surface area contributed by atoms with Crippen LogP contribution in [0.4, 0.5) is 0 Å². The normalized spacial score (nSPS) is 28.6. The summed E-state index contributed by atoms with van der Waals surface area (Å²) < 4.78 is 5.55. The van der Waals surface area contributed by atoms with Crippen LogP contribution in [0.2, 0.25) is 0 Å². The Morgan fingerprint density at radius 2 is 1.90 bits per heavy atom. The molecule has 2 nitrogen and oxygen atoms in total. The molecule has 3 rings (SSSR count). The predicted octanol–water partition coefficient (Wildman–Crippen LogP) is 4.03. The lowest BCUT2D eigenvalue weighted by Gasteiger charge is -2.52. The van der Waals surface area contributed by atoms with E-state index in [4.69, 9.17) is 4.74 Å². The Bertz CT molecular complexity index is 508. The minimum absolute atomic E-state index is 0.233. The number of rotatable bonds is 4. The van der Waals surface area contributed by atoms with Crippen LogP contribution in [-0.2, 0) is 17.6 Å². The zero-order valence-electron chi connectivity index (χ0n) is 13.9. The second-order valence-electron chi connectivity index (χ2n) is 7.46. The minimum atomic E-state index is 0.233. The summed E-state index contributed by atoms with van der Waals surface area (Å²) in [5.41, 5.74) is 4.82. The van der Waals surface area contributed by atoms with E-state index in [1.54, 1.807) is 11.1 Å². The van der Waals surface area contributed by atoms with E-state index in [-0.39, 0.29) is 5.41 Å². The first-order valence-electron chi connectivity index (χ1n) is 8.43. The third kappa shape index (κ3) is 2.76. The number of benzene rings is 1. The van der Waals surface area contributed by atoms with Gasteiger partial charge in [0.25, 0.3) is 0 Å². The van der Waals surface area contributed by atoms with E-state index in [0.29, 0.717) is 18.2 Å². The fourth-order valence-corrected chi connectivity index (χ4v) is 3.99. The summed E-state index contributed by atoms with van der Waals surface area (Å²) in [4.78, 5) is 0. The Hall–Kier alpha value is -0.860. The van der Waals surface area contributed by atoms with Crippen molar-refractivity contribution in [3.8, 4) is 0 Å². The van der Waals surface area contributed by atoms with Gasteiger partial charge in [0, 0.05) is 24.6 Å². The van der Waals surface area contributed by atoms with Crippen molar-refractivity contribution in [2.24, 2.45) is 5.41 Å². The molecular formula is C19H29NO. The smallest absolute Gasteiger partial charge is 0.0652 e. The van der Waals surface area contributed by atoms with Gasteiger partial charge in [0.2, 0.25) is 0 Å². The summed E-state index contributed by atoms with van der Waals surface area (Å²) in [7, 11) is 1.83. The topological polar surface area (TPSA) is 21.3 Å². The molecule has 0 amide bonds. The fourth-order valence-electron chi connectivity index (χ4n) is 3.99. The Balaban J connectivity index is 1.67. The molecule has 0 bridgehead atoms. The minimum Gasteiger partial charge on any atom is -0.381 e. The maximum Gasteiger partial charge on any atom is 0.0652 e. The predicted molar refractivity (Wildman–Crippen MR) is 87.6 cm³/mol. The van der Waals surface area contributed by atoms with Gasteiger partial charge in [-0.25, -0.2) is 0 Å². The molecule has 1 fully saturated rings. The van der Waals surface area contributed by atoms with Crippen molar-refractivity contribution in [1.29, 1.82) is 0 Å². The zero-order valence-corrected chi connectivity index (χ0v) is 13.9. The largest absolute Gasteiger partial charge is 0.381 e. The molecule has 116 valence electrons. The molecule has 1 saturated carbocycles. The first-order valence-corrected chi connectivity index (χ1v) is 8.43. The highest BCUT2D eigenvalue weighted by Crippen LogP contribution is 2.43. The molecular weight excluding hydrogens is 258 g/mol. The molecule has 0 aromatic heterocycles. The number of aryl methyl sites for hydroxylation is 2. The van der Waals surface area contributed by atoms with Crippen molar-refractivity contribution in [2.75, 3.05) is 7.11 Å². The third-order valence-corrected chi connectivity index (χ3v) is 5.79. The van der Waals surface area contributed by atoms with E-state index in [9.17, 15) is 0 Å². The van der Waals surface area contributed by atoms with E-state index in [0.717, 1.165) is 6.42 Å². The highest BCUT2D eigenvalue weighted by atomic mass is 16.5. The second-order valence-corrected chi connectivity index (χ2v) is 7.46. The molecule has 0 radical (unpaired) electrons. The summed E-state index contributed by atoms with van der Waals surface area (Å²) in [5.74, 6) is 0. The number of nitrogens with one attached hydrogen (secondary N) is 1. The number of ether oxygens (including phenoxy) is 1. The fraction of sp³-hybridized carbons (Fsp3) is 0.684. The first-order chi connectivity index (χ1) is 10.0. The number of methoxy groups -OCH3 is 1. The molecule has 2 aliphatic carbocycles. The Kier molecular flexibility index (Phi) is 4.11. The van der Waals surface area contributed by atoms with Crippen molar-refractivity contribution >= 4 is 0 Å². The van der Waals surface area contributed by atoms with Crippen molar-refractivity contribution in [3.05, 3.63) is 34.9 Å². The van der Waals surface area contributed by atoms with E-state index < -0.39 is 0 Å². The molecule has 3 unspecified atom stereocenters. The molecule has 0 saturated heterocycles. The first kappa shape index (κ1) is 15.1. The molecule has 0 heterocycles. The van der Waals surface area contributed by atoms with Crippen molar-refractivity contribution < 1.29 is 4.74 Å². The van der Waals surface area contributed by atoms with Crippen LogP contribution < -0.4 is 5.32 Å². The summed E-state index contributed by atoms with van der Waals surface area (Å²) in [5, 5.41) is 3.81. The van der Waals surface area contributed by atoms with Gasteiger partial charge in [-0.15, -0.1) is 0 Å². The van der Waals surface area contributed by atoms with Crippen LogP contribution in [0.25, 0.3) is 0 Å². The molecule has 1 N–H and O–H groups in total. The number of hydrogen-bond acceptors (Lipinski definition) is 2. The molecule has 3 atom stereocenters. The Morgan fingerprint density at radius 1 is 1.19 bits per heavy atom. The average Bonchev–Trinajstić information content (AvgIpc) is 2.50. The number of fused-ring (bicyclic) bond motifs is 1. The lowest BCUT2D eigenvalue weighted by molar-refractivity contribution is -0.0999. The van der Waals surface area contributed by atoms with Crippen LogP contribution >= 0.6 is 0 Å². The van der Waals surface area contributed by atoms with Crippen molar-refractivity contribution in [2.45, 2.75) is 71.1 Å². The van der Waals surface area contributed by atoms with E-state index in [1.165, 1.54) is 31.2 Å². The number of hydrogen-bond donors (Lipinski definition) is 1. The van der Waals surface area contributed by atoms with Crippen LogP contribution in [0, 0.1) is 5.41 Å². The van der Waals surface area contributed by atoms with Gasteiger partial charge >= 0.3 is 0 Å². The summed E-state index contributed by atoms with van der Waals surface area (Å²) in [6.07, 6.45) is 6.75. The van der Waals surface area contributed by atoms with Crippen LogP contribution in [0.15, 0.2) is 18.2 Å². The monoisotopic (exact) mass is 287 g/mol. The summed E-state index contributed by atoms with van der Waals surface area (Å²) in [6.45, 7) is 6.91. The van der Waals surface area contributed by atoms with Gasteiger partial charge in [0.15, 0.2) is 0 Å². The van der Waals surface area contributed by atoms with Crippen LogP contribution in [0.1, 0.15) is 62.8 Å². The second kappa shape index (κ2) is 5.73. The van der Waals surface area contributed by atoms with E-state index in [2.05, 4.69) is 44.3 Å². The standard InChI is InChI=1S/C19H29NO/c1-13(20-17-12-18(21-4)19(17,2)3)15-10-9-14-7-5-6-8-16(14)11-15/h9-11,13,17-18,20H,5-8,12H2,1-4H3. The van der Waals surface area contributed by atoms with Crippen LogP contribution in [0.3, 0.4) is 0 Å². The van der Waals surface area contributed by atoms with Gasteiger partial charge in [-0.2, -0.15) is 0 Å². The van der Waals surface area contributed by atoms with Crippen molar-refractivity contribution in [3.63, 3.8) is 0 Å². The highest BCUT2D eigenvalue weighted by Gasteiger charge is 2.48. The quantitative estimate of drug-likeness (QED) is 0.902. The molecule has 2 heteroatoms. The van der Waals surface area contributed by atoms with Crippen LogP contribution in [-0.4, -0.2) is 19.3 Å². The molecule has 21 heavy (non-hydrogen) atoms. The van der Waals surface area contributed by atoms with Gasteiger partial charge < -0.3 is 10.1 Å². The zero-order chi connectivity index (χ0) is 15.0. The molecule has 0 aliphatic heterocycles. The van der Waals surface area contributed by atoms with Gasteiger partial charge in [-0.1, -0.05) is 32.0 Å². The molecule has 1 aromatic carbocycles. The maximum atomic E-state index is 5.55. The molecule has 2 aliphatic rings. The van der Waals surface area contributed by atoms with E-state index >= 15 is 0 Å². The SMILES string of the molecule is COC1CC(NC(C)c2ccc3c(c2)CCCC3)C1(C)C.